The number of hydrogen-bond acceptors (Lipinski definition) is 3. The van der Waals surface area contributed by atoms with Crippen LogP contribution in [-0.4, -0.2) is 11.6 Å². The number of aromatic nitrogens is 1. The van der Waals surface area contributed by atoms with E-state index in [1.54, 1.807) is 41.2 Å². The number of benzene rings is 1. The zero-order valence-electron chi connectivity index (χ0n) is 12.2. The van der Waals surface area contributed by atoms with Crippen LogP contribution in [0.15, 0.2) is 72.4 Å². The van der Waals surface area contributed by atoms with Crippen molar-refractivity contribution in [3.05, 3.63) is 88.4 Å². The van der Waals surface area contributed by atoms with Crippen LogP contribution in [0.2, 0.25) is 0 Å². The van der Waals surface area contributed by atoms with Gasteiger partial charge in [-0.3, -0.25) is 9.59 Å². The molecule has 3 rings (SSSR count). The van der Waals surface area contributed by atoms with E-state index >= 15 is 0 Å². The summed E-state index contributed by atoms with van der Waals surface area (Å²) in [4.78, 5) is 25.1. The molecular formula is C18H14BrNO2S. The number of carbonyl (C=O) groups excluding carboxylic acids is 2. The van der Waals surface area contributed by atoms with Crippen molar-refractivity contribution in [2.45, 2.75) is 6.54 Å². The van der Waals surface area contributed by atoms with Crippen LogP contribution in [0.5, 0.6) is 0 Å². The highest BCUT2D eigenvalue weighted by Crippen LogP contribution is 2.10. The molecule has 23 heavy (non-hydrogen) atoms. The van der Waals surface area contributed by atoms with Gasteiger partial charge in [-0.25, -0.2) is 0 Å². The normalized spacial score (nSPS) is 9.91. The summed E-state index contributed by atoms with van der Waals surface area (Å²) in [6.07, 6.45) is 3.53. The molecule has 0 amide bonds. The SMILES string of the molecule is O=C(c1ccccc1)c1cc[n+](CC(=O)c2cccs2)cc1.[Br-]. The Morgan fingerprint density at radius 2 is 1.52 bits per heavy atom. The lowest BCUT2D eigenvalue weighted by Crippen LogP contribution is -3.00. The first-order valence-electron chi connectivity index (χ1n) is 6.89. The Labute approximate surface area is 149 Å². The second-order valence-corrected chi connectivity index (χ2v) is 5.80. The third kappa shape index (κ3) is 4.21. The summed E-state index contributed by atoms with van der Waals surface area (Å²) < 4.78 is 1.78. The van der Waals surface area contributed by atoms with Crippen molar-refractivity contribution in [2.75, 3.05) is 0 Å². The van der Waals surface area contributed by atoms with Gasteiger partial charge in [0.15, 0.2) is 18.2 Å². The predicted octanol–water partition coefficient (Wildman–Crippen LogP) is 0.153. The Morgan fingerprint density at radius 1 is 0.870 bits per heavy atom. The number of pyridine rings is 1. The minimum absolute atomic E-state index is 0. The van der Waals surface area contributed by atoms with Crippen molar-refractivity contribution in [1.29, 1.82) is 0 Å². The van der Waals surface area contributed by atoms with Crippen molar-refractivity contribution < 1.29 is 31.1 Å². The van der Waals surface area contributed by atoms with E-state index in [2.05, 4.69) is 0 Å². The fourth-order valence-corrected chi connectivity index (χ4v) is 2.81. The Bertz CT molecular complexity index is 784. The van der Waals surface area contributed by atoms with Crippen molar-refractivity contribution in [3.63, 3.8) is 0 Å². The van der Waals surface area contributed by atoms with E-state index in [9.17, 15) is 9.59 Å². The third-order valence-electron chi connectivity index (χ3n) is 3.31. The van der Waals surface area contributed by atoms with Gasteiger partial charge in [0.2, 0.25) is 12.3 Å². The van der Waals surface area contributed by atoms with E-state index in [0.29, 0.717) is 11.1 Å². The van der Waals surface area contributed by atoms with E-state index in [4.69, 9.17) is 0 Å². The molecule has 0 aliphatic carbocycles. The first kappa shape index (κ1) is 17.2. The van der Waals surface area contributed by atoms with Crippen molar-refractivity contribution >= 4 is 22.9 Å². The molecule has 0 aliphatic heterocycles. The summed E-state index contributed by atoms with van der Waals surface area (Å²) in [7, 11) is 0. The van der Waals surface area contributed by atoms with E-state index in [1.165, 1.54) is 11.3 Å². The number of thiophene rings is 1. The lowest BCUT2D eigenvalue weighted by Gasteiger charge is -2.00. The standard InChI is InChI=1S/C18H14NO2S.BrH/c20-16(17-7-4-12-22-17)13-19-10-8-15(9-11-19)18(21)14-5-2-1-3-6-14;/h1-12H,13H2;1H/q+1;/p-1. The molecule has 116 valence electrons. The average molecular weight is 388 g/mol. The Morgan fingerprint density at radius 3 is 2.13 bits per heavy atom. The summed E-state index contributed by atoms with van der Waals surface area (Å²) in [5.41, 5.74) is 1.28. The average Bonchev–Trinajstić information content (AvgIpc) is 3.10. The van der Waals surface area contributed by atoms with Gasteiger partial charge in [0.1, 0.15) is 0 Å². The fourth-order valence-electron chi connectivity index (χ4n) is 2.15. The largest absolute Gasteiger partial charge is 1.00 e. The first-order chi connectivity index (χ1) is 10.7. The van der Waals surface area contributed by atoms with Crippen LogP contribution in [0.25, 0.3) is 0 Å². The monoisotopic (exact) mass is 387 g/mol. The lowest BCUT2D eigenvalue weighted by molar-refractivity contribution is -0.683. The van der Waals surface area contributed by atoms with E-state index in [0.717, 1.165) is 4.88 Å². The maximum absolute atomic E-state index is 12.3. The number of halogens is 1. The molecule has 0 N–H and O–H groups in total. The molecule has 3 aromatic rings. The molecule has 0 saturated heterocycles. The van der Waals surface area contributed by atoms with Crippen LogP contribution in [0.1, 0.15) is 25.6 Å². The summed E-state index contributed by atoms with van der Waals surface area (Å²) in [5.74, 6) is 0.0551. The summed E-state index contributed by atoms with van der Waals surface area (Å²) >= 11 is 1.44. The Kier molecular flexibility index (Phi) is 5.96. The number of Topliss-reactive ketones (excluding diaryl/α,β-unsaturated/α-hetero) is 1. The van der Waals surface area contributed by atoms with Gasteiger partial charge in [0, 0.05) is 23.3 Å². The zero-order valence-corrected chi connectivity index (χ0v) is 14.6. The molecule has 0 saturated carbocycles. The van der Waals surface area contributed by atoms with Crippen LogP contribution in [0.3, 0.4) is 0 Å². The van der Waals surface area contributed by atoms with Gasteiger partial charge >= 0.3 is 0 Å². The molecule has 0 atom stereocenters. The molecule has 0 unspecified atom stereocenters. The molecule has 0 aliphatic rings. The molecule has 3 nitrogen and oxygen atoms in total. The molecule has 2 aromatic heterocycles. The third-order valence-corrected chi connectivity index (χ3v) is 4.22. The lowest BCUT2D eigenvalue weighted by atomic mass is 10.0. The zero-order chi connectivity index (χ0) is 15.4. The van der Waals surface area contributed by atoms with Gasteiger partial charge in [0.05, 0.1) is 4.88 Å². The molecule has 0 radical (unpaired) electrons. The number of ketones is 2. The summed E-state index contributed by atoms with van der Waals surface area (Å²) in [6.45, 7) is 0.278. The molecule has 2 heterocycles. The van der Waals surface area contributed by atoms with E-state index in [1.807, 2.05) is 35.7 Å². The highest BCUT2D eigenvalue weighted by molar-refractivity contribution is 7.12. The Balaban J connectivity index is 0.00000192. The predicted molar refractivity (Wildman–Crippen MR) is 85.2 cm³/mol. The van der Waals surface area contributed by atoms with Gasteiger partial charge in [0.25, 0.3) is 0 Å². The number of hydrogen-bond donors (Lipinski definition) is 0. The van der Waals surface area contributed by atoms with Crippen LogP contribution < -0.4 is 21.5 Å². The van der Waals surface area contributed by atoms with E-state index in [-0.39, 0.29) is 35.1 Å². The highest BCUT2D eigenvalue weighted by atomic mass is 79.9. The number of carbonyl (C=O) groups is 2. The molecular weight excluding hydrogens is 374 g/mol. The second kappa shape index (κ2) is 7.94. The summed E-state index contributed by atoms with van der Waals surface area (Å²) in [5, 5.41) is 1.89. The van der Waals surface area contributed by atoms with Crippen LogP contribution in [0, 0.1) is 0 Å². The highest BCUT2D eigenvalue weighted by Gasteiger charge is 2.14. The van der Waals surface area contributed by atoms with Crippen molar-refractivity contribution in [3.8, 4) is 0 Å². The van der Waals surface area contributed by atoms with Crippen molar-refractivity contribution in [1.82, 2.24) is 0 Å². The van der Waals surface area contributed by atoms with E-state index < -0.39 is 0 Å². The quantitative estimate of drug-likeness (QED) is 0.461. The topological polar surface area (TPSA) is 38.0 Å². The number of nitrogens with zero attached hydrogens (tertiary/aromatic N) is 1. The van der Waals surface area contributed by atoms with Crippen molar-refractivity contribution in [2.24, 2.45) is 0 Å². The Hall–Kier alpha value is -2.11. The number of rotatable bonds is 5. The molecule has 0 fully saturated rings. The molecule has 1 aromatic carbocycles. The maximum atomic E-state index is 12.3. The van der Waals surface area contributed by atoms with Gasteiger partial charge in [-0.15, -0.1) is 11.3 Å². The minimum Gasteiger partial charge on any atom is -1.00 e. The van der Waals surface area contributed by atoms with Gasteiger partial charge < -0.3 is 17.0 Å². The minimum atomic E-state index is -0.0164. The maximum Gasteiger partial charge on any atom is 0.237 e. The van der Waals surface area contributed by atoms with Gasteiger partial charge in [-0.1, -0.05) is 36.4 Å². The molecule has 0 bridgehead atoms. The molecule has 0 spiro atoms. The van der Waals surface area contributed by atoms with Gasteiger partial charge in [-0.05, 0) is 11.4 Å². The van der Waals surface area contributed by atoms with Crippen LogP contribution >= 0.6 is 11.3 Å². The van der Waals surface area contributed by atoms with Crippen LogP contribution in [0.4, 0.5) is 0 Å². The van der Waals surface area contributed by atoms with Crippen LogP contribution in [-0.2, 0) is 6.54 Å². The summed E-state index contributed by atoms with van der Waals surface area (Å²) in [6, 6.07) is 16.3. The fraction of sp³-hybridized carbons (Fsp3) is 0.0556. The first-order valence-corrected chi connectivity index (χ1v) is 7.77. The molecule has 5 heteroatoms. The second-order valence-electron chi connectivity index (χ2n) is 4.85. The smallest absolute Gasteiger partial charge is 0.237 e. The van der Waals surface area contributed by atoms with Gasteiger partial charge in [-0.2, -0.15) is 4.57 Å².